The summed E-state index contributed by atoms with van der Waals surface area (Å²) in [6.45, 7) is 5.30. The minimum absolute atomic E-state index is 0.0789. The molecule has 0 radical (unpaired) electrons. The van der Waals surface area contributed by atoms with E-state index < -0.39 is 32.8 Å². The van der Waals surface area contributed by atoms with Gasteiger partial charge >= 0.3 is 0 Å². The Morgan fingerprint density at radius 2 is 1.48 bits per heavy atom. The van der Waals surface area contributed by atoms with E-state index >= 15 is 0 Å². The summed E-state index contributed by atoms with van der Waals surface area (Å²) in [6, 6.07) is 15.6. The van der Waals surface area contributed by atoms with Crippen molar-refractivity contribution in [2.24, 2.45) is 11.8 Å². The predicted molar refractivity (Wildman–Crippen MR) is 102 cm³/mol. The van der Waals surface area contributed by atoms with Crippen LogP contribution in [0.15, 0.2) is 59.5 Å². The number of amides is 2. The highest BCUT2D eigenvalue weighted by atomic mass is 32.2. The Bertz CT molecular complexity index is 951. The van der Waals surface area contributed by atoms with Crippen LogP contribution < -0.4 is 0 Å². The molecule has 3 unspecified atom stereocenters. The van der Waals surface area contributed by atoms with Crippen LogP contribution in [-0.4, -0.2) is 30.4 Å². The van der Waals surface area contributed by atoms with Crippen molar-refractivity contribution in [2.75, 3.05) is 0 Å². The molecule has 0 aliphatic carbocycles. The Balaban J connectivity index is 2.00. The number of carbonyl (C=O) groups excluding carboxylic acids is 2. The molecule has 0 spiro atoms. The Hall–Kier alpha value is -2.47. The van der Waals surface area contributed by atoms with Crippen molar-refractivity contribution in [1.82, 2.24) is 4.90 Å². The summed E-state index contributed by atoms with van der Waals surface area (Å²) >= 11 is 0. The van der Waals surface area contributed by atoms with Gasteiger partial charge in [-0.2, -0.15) is 0 Å². The van der Waals surface area contributed by atoms with Gasteiger partial charge in [0.15, 0.2) is 9.84 Å². The molecule has 6 heteroatoms. The van der Waals surface area contributed by atoms with E-state index in [9.17, 15) is 18.0 Å². The standard InChI is InChI=1S/C21H23NO4S/c1-14-9-11-18(12-10-14)27(25,26)19-15(2)16(3)20(23)22(21(19)24)13-17-7-5-4-6-8-17/h4-12,15-16,19H,13H2,1-3H3. The molecule has 1 saturated heterocycles. The third-order valence-corrected chi connectivity index (χ3v) is 7.53. The first kappa shape index (κ1) is 19.3. The molecule has 3 atom stereocenters. The van der Waals surface area contributed by atoms with Gasteiger partial charge < -0.3 is 0 Å². The van der Waals surface area contributed by atoms with E-state index in [1.165, 1.54) is 12.1 Å². The third-order valence-electron chi connectivity index (χ3n) is 5.30. The highest BCUT2D eigenvalue weighted by Gasteiger charge is 2.50. The number of aryl methyl sites for hydroxylation is 1. The van der Waals surface area contributed by atoms with Gasteiger partial charge in [0.1, 0.15) is 5.25 Å². The number of piperidine rings is 1. The fourth-order valence-corrected chi connectivity index (χ4v) is 5.43. The van der Waals surface area contributed by atoms with Crippen molar-refractivity contribution in [2.45, 2.75) is 37.5 Å². The molecule has 3 rings (SSSR count). The number of imide groups is 1. The van der Waals surface area contributed by atoms with Crippen LogP contribution in [0.2, 0.25) is 0 Å². The zero-order valence-corrected chi connectivity index (χ0v) is 16.4. The van der Waals surface area contributed by atoms with E-state index in [0.717, 1.165) is 16.0 Å². The second-order valence-corrected chi connectivity index (χ2v) is 9.24. The highest BCUT2D eigenvalue weighted by molar-refractivity contribution is 7.92. The third kappa shape index (κ3) is 3.54. The molecule has 0 aromatic heterocycles. The Morgan fingerprint density at radius 1 is 0.889 bits per heavy atom. The van der Waals surface area contributed by atoms with Crippen LogP contribution in [0, 0.1) is 18.8 Å². The molecular formula is C21H23NO4S. The van der Waals surface area contributed by atoms with E-state index in [0.29, 0.717) is 0 Å². The smallest absolute Gasteiger partial charge is 0.248 e. The summed E-state index contributed by atoms with van der Waals surface area (Å²) in [7, 11) is -3.90. The van der Waals surface area contributed by atoms with Crippen LogP contribution in [0.5, 0.6) is 0 Å². The lowest BCUT2D eigenvalue weighted by atomic mass is 9.86. The van der Waals surface area contributed by atoms with E-state index in [2.05, 4.69) is 0 Å². The summed E-state index contributed by atoms with van der Waals surface area (Å²) in [6.07, 6.45) is 0. The zero-order chi connectivity index (χ0) is 19.8. The average molecular weight is 385 g/mol. The summed E-state index contributed by atoms with van der Waals surface area (Å²) < 4.78 is 26.4. The van der Waals surface area contributed by atoms with Crippen LogP contribution in [0.4, 0.5) is 0 Å². The van der Waals surface area contributed by atoms with Crippen LogP contribution in [-0.2, 0) is 26.0 Å². The van der Waals surface area contributed by atoms with Gasteiger partial charge in [-0.05, 0) is 30.5 Å². The van der Waals surface area contributed by atoms with Crippen molar-refractivity contribution in [3.05, 3.63) is 65.7 Å². The van der Waals surface area contributed by atoms with Crippen LogP contribution in [0.1, 0.15) is 25.0 Å². The van der Waals surface area contributed by atoms with Crippen molar-refractivity contribution in [1.29, 1.82) is 0 Å². The van der Waals surface area contributed by atoms with Crippen molar-refractivity contribution < 1.29 is 18.0 Å². The summed E-state index contributed by atoms with van der Waals surface area (Å²) in [5.74, 6) is -2.12. The van der Waals surface area contributed by atoms with E-state index in [4.69, 9.17) is 0 Å². The second kappa shape index (κ2) is 7.27. The Morgan fingerprint density at radius 3 is 2.07 bits per heavy atom. The maximum Gasteiger partial charge on any atom is 0.248 e. The summed E-state index contributed by atoms with van der Waals surface area (Å²) in [4.78, 5) is 27.0. The van der Waals surface area contributed by atoms with Gasteiger partial charge in [-0.3, -0.25) is 14.5 Å². The highest BCUT2D eigenvalue weighted by Crippen LogP contribution is 2.34. The molecule has 1 fully saturated rings. The van der Waals surface area contributed by atoms with E-state index in [1.807, 2.05) is 37.3 Å². The Kier molecular flexibility index (Phi) is 5.20. The molecule has 5 nitrogen and oxygen atoms in total. The van der Waals surface area contributed by atoms with Crippen molar-refractivity contribution >= 4 is 21.7 Å². The summed E-state index contributed by atoms with van der Waals surface area (Å²) in [5.41, 5.74) is 1.72. The number of sulfone groups is 1. The number of benzene rings is 2. The molecule has 142 valence electrons. The number of likely N-dealkylation sites (tertiary alicyclic amines) is 1. The van der Waals surface area contributed by atoms with Crippen LogP contribution >= 0.6 is 0 Å². The lowest BCUT2D eigenvalue weighted by molar-refractivity contribution is -0.154. The molecule has 0 saturated carbocycles. The van der Waals surface area contributed by atoms with Gasteiger partial charge in [-0.15, -0.1) is 0 Å². The first-order valence-corrected chi connectivity index (χ1v) is 10.5. The van der Waals surface area contributed by atoms with E-state index in [1.54, 1.807) is 26.0 Å². The van der Waals surface area contributed by atoms with Gasteiger partial charge in [0.2, 0.25) is 11.8 Å². The first-order valence-electron chi connectivity index (χ1n) is 8.93. The fraction of sp³-hybridized carbons (Fsp3) is 0.333. The lowest BCUT2D eigenvalue weighted by Crippen LogP contribution is -2.57. The molecule has 2 aromatic carbocycles. The molecule has 0 bridgehead atoms. The second-order valence-electron chi connectivity index (χ2n) is 7.17. The number of rotatable bonds is 4. The van der Waals surface area contributed by atoms with Gasteiger partial charge in [0.05, 0.1) is 11.4 Å². The largest absolute Gasteiger partial charge is 0.277 e. The molecule has 1 aliphatic heterocycles. The molecule has 0 N–H and O–H groups in total. The molecule has 1 heterocycles. The quantitative estimate of drug-likeness (QED) is 0.759. The van der Waals surface area contributed by atoms with Crippen LogP contribution in [0.25, 0.3) is 0 Å². The number of carbonyl (C=O) groups is 2. The first-order chi connectivity index (χ1) is 12.7. The topological polar surface area (TPSA) is 71.5 Å². The molecule has 1 aliphatic rings. The zero-order valence-electron chi connectivity index (χ0n) is 15.6. The van der Waals surface area contributed by atoms with E-state index in [-0.39, 0.29) is 17.3 Å². The molecular weight excluding hydrogens is 362 g/mol. The monoisotopic (exact) mass is 385 g/mol. The normalized spacial score (nSPS) is 23.5. The van der Waals surface area contributed by atoms with Crippen molar-refractivity contribution in [3.63, 3.8) is 0 Å². The van der Waals surface area contributed by atoms with Crippen LogP contribution in [0.3, 0.4) is 0 Å². The minimum atomic E-state index is -3.90. The van der Waals surface area contributed by atoms with Gasteiger partial charge in [0, 0.05) is 5.92 Å². The van der Waals surface area contributed by atoms with Crippen molar-refractivity contribution in [3.8, 4) is 0 Å². The maximum atomic E-state index is 13.2. The number of hydrogen-bond acceptors (Lipinski definition) is 4. The minimum Gasteiger partial charge on any atom is -0.277 e. The SMILES string of the molecule is Cc1ccc(S(=O)(=O)C2C(=O)N(Cc3ccccc3)C(=O)C(C)C2C)cc1. The Labute approximate surface area is 159 Å². The molecule has 2 amide bonds. The fourth-order valence-electron chi connectivity index (χ4n) is 3.43. The van der Waals surface area contributed by atoms with Gasteiger partial charge in [0.25, 0.3) is 0 Å². The summed E-state index contributed by atoms with van der Waals surface area (Å²) in [5, 5.41) is -1.27. The lowest BCUT2D eigenvalue weighted by Gasteiger charge is -2.38. The molecule has 2 aromatic rings. The van der Waals surface area contributed by atoms with Gasteiger partial charge in [-0.25, -0.2) is 8.42 Å². The maximum absolute atomic E-state index is 13.2. The number of hydrogen-bond donors (Lipinski definition) is 0. The predicted octanol–water partition coefficient (Wildman–Crippen LogP) is 2.98. The number of nitrogens with zero attached hydrogens (tertiary/aromatic N) is 1. The molecule has 27 heavy (non-hydrogen) atoms. The average Bonchev–Trinajstić information content (AvgIpc) is 2.65. The van der Waals surface area contributed by atoms with Gasteiger partial charge in [-0.1, -0.05) is 61.9 Å².